The first kappa shape index (κ1) is 27.4. The minimum absolute atomic E-state index is 0.128. The monoisotopic (exact) mass is 567 g/mol. The van der Waals surface area contributed by atoms with Gasteiger partial charge in [-0.2, -0.15) is 0 Å². The van der Waals surface area contributed by atoms with Crippen LogP contribution >= 0.6 is 28.1 Å². The van der Waals surface area contributed by atoms with E-state index in [1.165, 1.54) is 0 Å². The van der Waals surface area contributed by atoms with E-state index in [4.69, 9.17) is 17.0 Å². The molecule has 0 saturated heterocycles. The molecule has 0 fully saturated rings. The summed E-state index contributed by atoms with van der Waals surface area (Å²) in [6, 6.07) is 21.7. The Kier molecular flexibility index (Phi) is 10.0. The van der Waals surface area contributed by atoms with E-state index in [1.54, 1.807) is 42.5 Å². The second-order valence-electron chi connectivity index (χ2n) is 8.77. The third kappa shape index (κ3) is 8.17. The Hall–Kier alpha value is -3.23. The number of hydrogen-bond acceptors (Lipinski definition) is 4. The maximum Gasteiger partial charge on any atom is 0.257 e. The molecule has 188 valence electrons. The van der Waals surface area contributed by atoms with Gasteiger partial charge in [0.15, 0.2) is 5.11 Å². The number of carbonyl (C=O) groups is 2. The fraction of sp³-hybridized carbons (Fsp3) is 0.250. The predicted octanol–water partition coefficient (Wildman–Crippen LogP) is 6.49. The van der Waals surface area contributed by atoms with E-state index in [0.29, 0.717) is 39.6 Å². The SMILES string of the molecule is CC(C)CCOc1ccc(C(=O)NC(=S)Nc2cccc(C(=O)NC(C)c3ccccc3)c2)cc1Br. The average Bonchev–Trinajstić information content (AvgIpc) is 2.85. The van der Waals surface area contributed by atoms with Crippen LogP contribution in [0.1, 0.15) is 59.5 Å². The first-order valence-electron chi connectivity index (χ1n) is 11.7. The van der Waals surface area contributed by atoms with Crippen LogP contribution < -0.4 is 20.7 Å². The first-order chi connectivity index (χ1) is 17.2. The van der Waals surface area contributed by atoms with Gasteiger partial charge in [0.1, 0.15) is 5.75 Å². The molecule has 2 amide bonds. The molecule has 36 heavy (non-hydrogen) atoms. The number of halogens is 1. The second kappa shape index (κ2) is 13.2. The summed E-state index contributed by atoms with van der Waals surface area (Å²) in [6.07, 6.45) is 0.948. The fourth-order valence-electron chi connectivity index (χ4n) is 3.34. The van der Waals surface area contributed by atoms with Crippen molar-refractivity contribution < 1.29 is 14.3 Å². The number of benzene rings is 3. The van der Waals surface area contributed by atoms with Crippen molar-refractivity contribution in [3.05, 3.63) is 94.0 Å². The normalized spacial score (nSPS) is 11.5. The van der Waals surface area contributed by atoms with Gasteiger partial charge < -0.3 is 15.4 Å². The number of ether oxygens (including phenoxy) is 1. The summed E-state index contributed by atoms with van der Waals surface area (Å²) in [5.74, 6) is 0.679. The topological polar surface area (TPSA) is 79.5 Å². The molecule has 3 aromatic rings. The molecule has 3 rings (SSSR count). The molecule has 0 heterocycles. The Morgan fingerprint density at radius 3 is 2.33 bits per heavy atom. The minimum Gasteiger partial charge on any atom is -0.492 e. The molecule has 0 aromatic heterocycles. The lowest BCUT2D eigenvalue weighted by Gasteiger charge is -2.15. The summed E-state index contributed by atoms with van der Waals surface area (Å²) in [7, 11) is 0. The third-order valence-corrected chi connectivity index (χ3v) is 6.23. The minimum atomic E-state index is -0.354. The predicted molar refractivity (Wildman–Crippen MR) is 152 cm³/mol. The zero-order valence-corrected chi connectivity index (χ0v) is 22.9. The molecule has 0 aliphatic heterocycles. The maximum atomic E-state index is 12.7. The molecule has 8 heteroatoms. The second-order valence-corrected chi connectivity index (χ2v) is 10.0. The van der Waals surface area contributed by atoms with Gasteiger partial charge in [-0.15, -0.1) is 0 Å². The Labute approximate surface area is 226 Å². The lowest BCUT2D eigenvalue weighted by atomic mass is 10.1. The average molecular weight is 569 g/mol. The van der Waals surface area contributed by atoms with Crippen molar-refractivity contribution in [2.45, 2.75) is 33.2 Å². The molecule has 0 aliphatic rings. The van der Waals surface area contributed by atoms with E-state index in [2.05, 4.69) is 45.7 Å². The van der Waals surface area contributed by atoms with E-state index in [-0.39, 0.29) is 23.0 Å². The summed E-state index contributed by atoms with van der Waals surface area (Å²) in [6.45, 7) is 6.82. The van der Waals surface area contributed by atoms with Crippen molar-refractivity contribution >= 4 is 50.8 Å². The number of rotatable bonds is 9. The zero-order chi connectivity index (χ0) is 26.1. The summed E-state index contributed by atoms with van der Waals surface area (Å²) in [4.78, 5) is 25.4. The van der Waals surface area contributed by atoms with Gasteiger partial charge in [0.05, 0.1) is 17.1 Å². The number of carbonyl (C=O) groups excluding carboxylic acids is 2. The number of nitrogens with one attached hydrogen (secondary N) is 3. The summed E-state index contributed by atoms with van der Waals surface area (Å²) >= 11 is 8.78. The van der Waals surface area contributed by atoms with E-state index in [9.17, 15) is 9.59 Å². The fourth-order valence-corrected chi connectivity index (χ4v) is 4.05. The molecule has 0 saturated carbocycles. The van der Waals surface area contributed by atoms with Crippen molar-refractivity contribution in [2.75, 3.05) is 11.9 Å². The van der Waals surface area contributed by atoms with Crippen LogP contribution in [0.3, 0.4) is 0 Å². The van der Waals surface area contributed by atoms with Gasteiger partial charge in [-0.1, -0.05) is 50.2 Å². The van der Waals surface area contributed by atoms with Gasteiger partial charge in [-0.05, 0) is 89.4 Å². The first-order valence-corrected chi connectivity index (χ1v) is 12.9. The molecule has 3 aromatic carbocycles. The van der Waals surface area contributed by atoms with E-state index in [1.807, 2.05) is 37.3 Å². The molecule has 3 N–H and O–H groups in total. The van der Waals surface area contributed by atoms with Gasteiger partial charge in [0.25, 0.3) is 11.8 Å². The Balaban J connectivity index is 1.56. The highest BCUT2D eigenvalue weighted by molar-refractivity contribution is 9.10. The molecule has 0 radical (unpaired) electrons. The van der Waals surface area contributed by atoms with Gasteiger partial charge in [-0.25, -0.2) is 0 Å². The van der Waals surface area contributed by atoms with Crippen molar-refractivity contribution in [1.29, 1.82) is 0 Å². The molecule has 6 nitrogen and oxygen atoms in total. The van der Waals surface area contributed by atoms with Gasteiger partial charge in [-0.3, -0.25) is 14.9 Å². The summed E-state index contributed by atoms with van der Waals surface area (Å²) in [5, 5.41) is 8.76. The van der Waals surface area contributed by atoms with Crippen LogP contribution in [0, 0.1) is 5.92 Å². The Bertz CT molecular complexity index is 1220. The van der Waals surface area contributed by atoms with Crippen LogP contribution in [-0.2, 0) is 0 Å². The van der Waals surface area contributed by atoms with Crippen LogP contribution in [0.25, 0.3) is 0 Å². The van der Waals surface area contributed by atoms with Crippen LogP contribution in [0.4, 0.5) is 5.69 Å². The third-order valence-electron chi connectivity index (χ3n) is 5.40. The highest BCUT2D eigenvalue weighted by Crippen LogP contribution is 2.26. The smallest absolute Gasteiger partial charge is 0.257 e. The number of thiocarbonyl (C=S) groups is 1. The lowest BCUT2D eigenvalue weighted by molar-refractivity contribution is 0.0938. The largest absolute Gasteiger partial charge is 0.492 e. The van der Waals surface area contributed by atoms with Crippen LogP contribution in [0.2, 0.25) is 0 Å². The quantitative estimate of drug-likeness (QED) is 0.257. The summed E-state index contributed by atoms with van der Waals surface area (Å²) in [5.41, 5.74) is 2.53. The number of amides is 2. The standard InChI is InChI=1S/C28H30BrN3O3S/c1-18(2)14-15-35-25-13-12-22(17-24(25)29)27(34)32-28(36)31-23-11-7-10-21(16-23)26(33)30-19(3)20-8-5-4-6-9-20/h4-13,16-19H,14-15H2,1-3H3,(H,30,33)(H2,31,32,34,36). The van der Waals surface area contributed by atoms with Crippen molar-refractivity contribution in [3.8, 4) is 5.75 Å². The van der Waals surface area contributed by atoms with Gasteiger partial charge in [0.2, 0.25) is 0 Å². The molecule has 0 bridgehead atoms. The Morgan fingerprint density at radius 1 is 0.917 bits per heavy atom. The van der Waals surface area contributed by atoms with Crippen molar-refractivity contribution in [3.63, 3.8) is 0 Å². The molecule has 1 unspecified atom stereocenters. The van der Waals surface area contributed by atoms with E-state index < -0.39 is 0 Å². The van der Waals surface area contributed by atoms with E-state index >= 15 is 0 Å². The highest BCUT2D eigenvalue weighted by Gasteiger charge is 2.14. The van der Waals surface area contributed by atoms with Crippen LogP contribution in [0.15, 0.2) is 77.3 Å². The van der Waals surface area contributed by atoms with Crippen LogP contribution in [0.5, 0.6) is 5.75 Å². The molecular formula is C28H30BrN3O3S. The Morgan fingerprint density at radius 2 is 1.64 bits per heavy atom. The van der Waals surface area contributed by atoms with Gasteiger partial charge >= 0.3 is 0 Å². The highest BCUT2D eigenvalue weighted by atomic mass is 79.9. The number of anilines is 1. The van der Waals surface area contributed by atoms with Gasteiger partial charge in [0, 0.05) is 16.8 Å². The van der Waals surface area contributed by atoms with Crippen molar-refractivity contribution in [1.82, 2.24) is 10.6 Å². The molecule has 1 atom stereocenters. The molecule has 0 aliphatic carbocycles. The van der Waals surface area contributed by atoms with Crippen LogP contribution in [-0.4, -0.2) is 23.5 Å². The van der Waals surface area contributed by atoms with E-state index in [0.717, 1.165) is 12.0 Å². The number of hydrogen-bond donors (Lipinski definition) is 3. The van der Waals surface area contributed by atoms with Crippen molar-refractivity contribution in [2.24, 2.45) is 5.92 Å². The zero-order valence-electron chi connectivity index (χ0n) is 20.5. The molecular weight excluding hydrogens is 538 g/mol. The lowest BCUT2D eigenvalue weighted by Crippen LogP contribution is -2.34. The summed E-state index contributed by atoms with van der Waals surface area (Å²) < 4.78 is 6.47. The molecule has 0 spiro atoms. The maximum absolute atomic E-state index is 12.7.